The van der Waals surface area contributed by atoms with Crippen molar-refractivity contribution in [2.45, 2.75) is 19.4 Å². The van der Waals surface area contributed by atoms with E-state index in [0.717, 1.165) is 22.1 Å². The van der Waals surface area contributed by atoms with Crippen molar-refractivity contribution in [3.63, 3.8) is 0 Å². The number of methoxy groups -OCH3 is 1. The van der Waals surface area contributed by atoms with Crippen molar-refractivity contribution in [3.8, 4) is 16.9 Å². The van der Waals surface area contributed by atoms with Crippen LogP contribution in [0.5, 0.6) is 5.75 Å². The molecular weight excluding hydrogens is 518 g/mol. The molecule has 0 radical (unpaired) electrons. The summed E-state index contributed by atoms with van der Waals surface area (Å²) in [5, 5.41) is 7.27. The van der Waals surface area contributed by atoms with Gasteiger partial charge in [0.05, 0.1) is 30.1 Å². The van der Waals surface area contributed by atoms with Crippen LogP contribution in [0.25, 0.3) is 32.9 Å². The maximum atomic E-state index is 13.2. The van der Waals surface area contributed by atoms with Gasteiger partial charge in [0.15, 0.2) is 0 Å². The summed E-state index contributed by atoms with van der Waals surface area (Å²) >= 11 is 6.54. The number of H-pyrrole nitrogens is 1. The van der Waals surface area contributed by atoms with Crippen molar-refractivity contribution in [3.05, 3.63) is 82.9 Å². The second kappa shape index (κ2) is 9.92. The fourth-order valence-corrected chi connectivity index (χ4v) is 5.48. The van der Waals surface area contributed by atoms with Crippen LogP contribution in [0.15, 0.2) is 61.1 Å². The van der Waals surface area contributed by atoms with Gasteiger partial charge in [0.25, 0.3) is 11.8 Å². The molecule has 0 atom stereocenters. The van der Waals surface area contributed by atoms with Crippen molar-refractivity contribution in [1.29, 1.82) is 0 Å². The Morgan fingerprint density at radius 1 is 1.05 bits per heavy atom. The zero-order valence-corrected chi connectivity index (χ0v) is 21.8. The lowest BCUT2D eigenvalue weighted by atomic mass is 9.93. The van der Waals surface area contributed by atoms with Crippen molar-refractivity contribution in [2.75, 3.05) is 13.7 Å². The van der Waals surface area contributed by atoms with Gasteiger partial charge < -0.3 is 19.6 Å². The van der Waals surface area contributed by atoms with Crippen LogP contribution < -0.4 is 15.4 Å². The average molecular weight is 542 g/mol. The van der Waals surface area contributed by atoms with Gasteiger partial charge in [-0.1, -0.05) is 29.8 Å². The van der Waals surface area contributed by atoms with E-state index in [2.05, 4.69) is 20.6 Å². The molecule has 196 valence electrons. The standard InChI is InChI=1S/C29H24ClN5O4/c1-39-17-6-7-22-20(12-17)25-23(35(22)11-9-24(36)32-10-8-16-14-31-15-33-16)13-19(18-4-2-3-5-21(18)30)26-27(25)29(38)34-28(26)37/h2-7,12-15H,8-11H2,1H3,(H,31,33)(H,32,36)(H,34,37,38). The molecular formula is C29H24ClN5O4. The molecule has 9 nitrogen and oxygen atoms in total. The van der Waals surface area contributed by atoms with E-state index in [9.17, 15) is 14.4 Å². The second-order valence-corrected chi connectivity index (χ2v) is 9.70. The van der Waals surface area contributed by atoms with Crippen LogP contribution in [-0.4, -0.2) is 45.9 Å². The van der Waals surface area contributed by atoms with Crippen molar-refractivity contribution < 1.29 is 19.1 Å². The van der Waals surface area contributed by atoms with E-state index >= 15 is 0 Å². The summed E-state index contributed by atoms with van der Waals surface area (Å²) in [6, 6.07) is 14.7. The molecule has 0 spiro atoms. The SMILES string of the molecule is COc1ccc2c(c1)c1c3c(c(-c4ccccc4Cl)cc1n2CCC(=O)NCCc1cnc[nH]1)C(=O)NC3=O. The molecule has 3 aromatic carbocycles. The zero-order valence-electron chi connectivity index (χ0n) is 21.0. The molecule has 6 rings (SSSR count). The monoisotopic (exact) mass is 541 g/mol. The van der Waals surface area contributed by atoms with E-state index in [4.69, 9.17) is 16.3 Å². The average Bonchev–Trinajstić information content (AvgIpc) is 3.64. The molecule has 2 aromatic heterocycles. The molecule has 1 aliphatic heterocycles. The number of imidazole rings is 1. The first-order valence-electron chi connectivity index (χ1n) is 12.5. The Hall–Kier alpha value is -4.63. The van der Waals surface area contributed by atoms with Gasteiger partial charge in [-0.2, -0.15) is 0 Å². The molecule has 3 amide bonds. The molecule has 0 fully saturated rings. The highest BCUT2D eigenvalue weighted by atomic mass is 35.5. The molecule has 0 saturated heterocycles. The van der Waals surface area contributed by atoms with E-state index in [-0.39, 0.29) is 12.3 Å². The van der Waals surface area contributed by atoms with Crippen LogP contribution in [0.3, 0.4) is 0 Å². The number of aryl methyl sites for hydroxylation is 1. The summed E-state index contributed by atoms with van der Waals surface area (Å²) in [5.74, 6) is -0.412. The van der Waals surface area contributed by atoms with E-state index < -0.39 is 11.8 Å². The van der Waals surface area contributed by atoms with Gasteiger partial charge in [-0.05, 0) is 35.9 Å². The molecule has 0 unspecified atom stereocenters. The number of halogens is 1. The number of fused-ring (bicyclic) bond motifs is 5. The minimum absolute atomic E-state index is 0.0987. The lowest BCUT2D eigenvalue weighted by molar-refractivity contribution is -0.121. The predicted molar refractivity (Wildman–Crippen MR) is 148 cm³/mol. The summed E-state index contributed by atoms with van der Waals surface area (Å²) < 4.78 is 7.47. The van der Waals surface area contributed by atoms with Gasteiger partial charge >= 0.3 is 0 Å². The normalized spacial score (nSPS) is 12.7. The van der Waals surface area contributed by atoms with Crippen LogP contribution >= 0.6 is 11.6 Å². The summed E-state index contributed by atoms with van der Waals surface area (Å²) in [6.45, 7) is 0.844. The molecule has 3 heterocycles. The Morgan fingerprint density at radius 3 is 2.64 bits per heavy atom. The smallest absolute Gasteiger partial charge is 0.259 e. The number of carbonyl (C=O) groups is 3. The van der Waals surface area contributed by atoms with Crippen LogP contribution in [0.4, 0.5) is 0 Å². The lowest BCUT2D eigenvalue weighted by Gasteiger charge is -2.12. The first kappa shape index (κ1) is 24.7. The number of aromatic nitrogens is 3. The van der Waals surface area contributed by atoms with Crippen LogP contribution in [-0.2, 0) is 17.8 Å². The number of carbonyl (C=O) groups excluding carboxylic acids is 3. The van der Waals surface area contributed by atoms with Gasteiger partial charge in [0.2, 0.25) is 5.91 Å². The Bertz CT molecular complexity index is 1770. The van der Waals surface area contributed by atoms with Gasteiger partial charge in [0, 0.05) is 64.7 Å². The van der Waals surface area contributed by atoms with Gasteiger partial charge in [-0.15, -0.1) is 0 Å². The van der Waals surface area contributed by atoms with Crippen LogP contribution in [0.2, 0.25) is 5.02 Å². The Morgan fingerprint density at radius 2 is 1.87 bits per heavy atom. The topological polar surface area (TPSA) is 118 Å². The second-order valence-electron chi connectivity index (χ2n) is 9.29. The summed E-state index contributed by atoms with van der Waals surface area (Å²) in [7, 11) is 1.57. The van der Waals surface area contributed by atoms with Crippen molar-refractivity contribution in [2.24, 2.45) is 0 Å². The van der Waals surface area contributed by atoms with E-state index in [1.807, 2.05) is 47.0 Å². The number of rotatable bonds is 8. The first-order chi connectivity index (χ1) is 19.0. The Balaban J connectivity index is 1.47. The number of imide groups is 1. The summed E-state index contributed by atoms with van der Waals surface area (Å²) in [6.07, 6.45) is 4.21. The predicted octanol–water partition coefficient (Wildman–Crippen LogP) is 4.48. The number of hydrogen-bond donors (Lipinski definition) is 3. The third-order valence-corrected chi connectivity index (χ3v) is 7.37. The highest BCUT2D eigenvalue weighted by Crippen LogP contribution is 2.42. The van der Waals surface area contributed by atoms with Crippen LogP contribution in [0, 0.1) is 0 Å². The van der Waals surface area contributed by atoms with E-state index in [1.54, 1.807) is 25.7 Å². The number of nitrogens with one attached hydrogen (secondary N) is 3. The summed E-state index contributed by atoms with van der Waals surface area (Å²) in [4.78, 5) is 46.0. The Labute approximate surface area is 228 Å². The highest BCUT2D eigenvalue weighted by Gasteiger charge is 2.35. The number of nitrogens with zero attached hydrogens (tertiary/aromatic N) is 2. The number of ether oxygens (including phenoxy) is 1. The highest BCUT2D eigenvalue weighted by molar-refractivity contribution is 6.36. The number of aromatic amines is 1. The number of hydrogen-bond acceptors (Lipinski definition) is 5. The largest absolute Gasteiger partial charge is 0.497 e. The summed E-state index contributed by atoms with van der Waals surface area (Å²) in [5.41, 5.74) is 4.29. The molecule has 39 heavy (non-hydrogen) atoms. The maximum Gasteiger partial charge on any atom is 0.259 e. The minimum Gasteiger partial charge on any atom is -0.497 e. The van der Waals surface area contributed by atoms with E-state index in [1.165, 1.54) is 0 Å². The third kappa shape index (κ3) is 4.30. The molecule has 1 aliphatic rings. The van der Waals surface area contributed by atoms with E-state index in [0.29, 0.717) is 57.9 Å². The number of amides is 3. The van der Waals surface area contributed by atoms with Crippen molar-refractivity contribution >= 4 is 51.1 Å². The van der Waals surface area contributed by atoms with Gasteiger partial charge in [-0.25, -0.2) is 4.98 Å². The lowest BCUT2D eigenvalue weighted by Crippen LogP contribution is -2.26. The van der Waals surface area contributed by atoms with Crippen LogP contribution in [0.1, 0.15) is 32.8 Å². The molecule has 0 bridgehead atoms. The fourth-order valence-electron chi connectivity index (χ4n) is 5.25. The van der Waals surface area contributed by atoms with Gasteiger partial charge in [0.1, 0.15) is 5.75 Å². The molecule has 5 aromatic rings. The molecule has 0 aliphatic carbocycles. The van der Waals surface area contributed by atoms with Gasteiger partial charge in [-0.3, -0.25) is 19.7 Å². The zero-order chi connectivity index (χ0) is 27.1. The number of benzene rings is 3. The molecule has 0 saturated carbocycles. The quantitative estimate of drug-likeness (QED) is 0.250. The Kier molecular flexibility index (Phi) is 6.28. The molecule has 3 N–H and O–H groups in total. The third-order valence-electron chi connectivity index (χ3n) is 7.04. The maximum absolute atomic E-state index is 13.2. The first-order valence-corrected chi connectivity index (χ1v) is 12.9. The fraction of sp³-hybridized carbons (Fsp3) is 0.172. The molecule has 10 heteroatoms. The minimum atomic E-state index is -0.465. The van der Waals surface area contributed by atoms with Crippen molar-refractivity contribution in [1.82, 2.24) is 25.2 Å².